The predicted octanol–water partition coefficient (Wildman–Crippen LogP) is -1.51. The third-order valence-electron chi connectivity index (χ3n) is 8.88. The van der Waals surface area contributed by atoms with Crippen LogP contribution in [0.3, 0.4) is 0 Å². The molecule has 0 bridgehead atoms. The molecule has 18 heteroatoms. The number of fused-ring (bicyclic) bond motifs is 2. The van der Waals surface area contributed by atoms with Gasteiger partial charge in [-0.2, -0.15) is 0 Å². The summed E-state index contributed by atoms with van der Waals surface area (Å²) in [7, 11) is -9.26. The third-order valence-corrected chi connectivity index (χ3v) is 12.4. The number of hydrogen-bond acceptors (Lipinski definition) is 12. The van der Waals surface area contributed by atoms with Crippen molar-refractivity contribution < 1.29 is 77.1 Å². The van der Waals surface area contributed by atoms with Crippen molar-refractivity contribution in [2.45, 2.75) is 80.1 Å². The molecule has 4 aromatic carbocycles. The number of anilines is 2. The van der Waals surface area contributed by atoms with E-state index in [1.807, 2.05) is 0 Å². The van der Waals surface area contributed by atoms with E-state index in [0.29, 0.717) is 77.0 Å². The molecule has 0 aromatic heterocycles. The number of ketones is 1. The molecule has 4 aromatic rings. The standard InChI is InChI=1S/C18H22BNO5S.C18H20BNO5S.B.Na.H/c2*1-12(21)2-4-14-9-16(20)6-7-18(14)26(23,24)11-13-3-5-15-10-25-19(22)17(15)8-13;;;/h3,5-9,12,21-22H,2,4,10-11,20H2,1H3;3,5-9,22H,2,4,10-11,20H2,1H3;;;/q;;;+1;-1. The number of aliphatic hydroxyl groups is 1. The minimum atomic E-state index is -3.63. The summed E-state index contributed by atoms with van der Waals surface area (Å²) in [5, 5.41) is 29.1. The number of hydrogen-bond donors (Lipinski definition) is 5. The maximum Gasteiger partial charge on any atom is 1.00 e. The van der Waals surface area contributed by atoms with E-state index in [1.165, 1.54) is 19.1 Å². The Morgan fingerprint density at radius 3 is 1.59 bits per heavy atom. The average Bonchev–Trinajstić information content (AvgIpc) is 3.63. The largest absolute Gasteiger partial charge is 1.00 e. The Labute approximate surface area is 343 Å². The maximum absolute atomic E-state index is 13.0. The summed E-state index contributed by atoms with van der Waals surface area (Å²) >= 11 is 0. The van der Waals surface area contributed by atoms with Crippen molar-refractivity contribution in [3.8, 4) is 0 Å². The van der Waals surface area contributed by atoms with Crippen LogP contribution in [0.4, 0.5) is 11.4 Å². The van der Waals surface area contributed by atoms with Gasteiger partial charge < -0.3 is 42.2 Å². The summed E-state index contributed by atoms with van der Waals surface area (Å²) in [4.78, 5) is 11.7. The Bertz CT molecular complexity index is 2200. The Kier molecular flexibility index (Phi) is 16.2. The summed E-state index contributed by atoms with van der Waals surface area (Å²) in [6, 6.07) is 19.8. The first kappa shape index (κ1) is 45.4. The molecule has 0 aliphatic carbocycles. The second-order valence-corrected chi connectivity index (χ2v) is 17.2. The number of Topliss-reactive ketones (excluding diaryl/α,β-unsaturated/α-hetero) is 1. The quantitative estimate of drug-likeness (QED) is 0.0820. The fourth-order valence-electron chi connectivity index (χ4n) is 6.17. The van der Waals surface area contributed by atoms with Crippen LogP contribution in [-0.4, -0.2) is 66.5 Å². The molecule has 7 N–H and O–H groups in total. The summed E-state index contributed by atoms with van der Waals surface area (Å²) < 4.78 is 62.1. The van der Waals surface area contributed by atoms with E-state index in [9.17, 15) is 36.8 Å². The first-order valence-electron chi connectivity index (χ1n) is 16.7. The Hall–Kier alpha value is -2.96. The van der Waals surface area contributed by atoms with Gasteiger partial charge >= 0.3 is 43.8 Å². The summed E-state index contributed by atoms with van der Waals surface area (Å²) in [5.74, 6) is -0.397. The van der Waals surface area contributed by atoms with Gasteiger partial charge in [-0.15, -0.1) is 0 Å². The van der Waals surface area contributed by atoms with Crippen LogP contribution in [0.5, 0.6) is 0 Å². The molecule has 1 unspecified atom stereocenters. The molecule has 0 saturated carbocycles. The number of aliphatic hydroxyl groups excluding tert-OH is 1. The third kappa shape index (κ3) is 11.5. The molecule has 2 aliphatic rings. The normalized spacial score (nSPS) is 13.9. The van der Waals surface area contributed by atoms with E-state index in [1.54, 1.807) is 67.6 Å². The number of carbonyl (C=O) groups is 1. The topological polar surface area (TPSA) is 217 Å². The number of benzene rings is 4. The molecule has 54 heavy (non-hydrogen) atoms. The number of sulfone groups is 2. The SMILES string of the molecule is CC(=O)CCc1cc(N)ccc1S(=O)(=O)Cc1ccc2c(c1)B(O)OC2.CC(O)CCc1cc(N)ccc1S(=O)(=O)Cc1ccc2c(c1)B(O)OC2.[B].[H-].[Na+]. The zero-order valence-electron chi connectivity index (χ0n) is 31.6. The Morgan fingerprint density at radius 1 is 0.759 bits per heavy atom. The van der Waals surface area contributed by atoms with Gasteiger partial charge in [-0.05, 0) is 114 Å². The first-order chi connectivity index (χ1) is 24.5. The van der Waals surface area contributed by atoms with Crippen molar-refractivity contribution >= 4 is 70.4 Å². The van der Waals surface area contributed by atoms with Gasteiger partial charge in [-0.3, -0.25) is 0 Å². The molecule has 2 aliphatic heterocycles. The molecular weight excluding hydrogens is 740 g/mol. The van der Waals surface area contributed by atoms with Gasteiger partial charge in [0.1, 0.15) is 5.78 Å². The molecule has 0 saturated heterocycles. The monoisotopic (exact) mass is 783 g/mol. The number of carbonyl (C=O) groups excluding carboxylic acids is 1. The van der Waals surface area contributed by atoms with Crippen LogP contribution in [0.1, 0.15) is 61.5 Å². The van der Waals surface area contributed by atoms with Gasteiger partial charge in [0, 0.05) is 26.2 Å². The van der Waals surface area contributed by atoms with Crippen molar-refractivity contribution in [2.24, 2.45) is 0 Å². The molecule has 1 atom stereocenters. The van der Waals surface area contributed by atoms with Crippen LogP contribution < -0.4 is 52.0 Å². The molecule has 6 rings (SSSR count). The first-order valence-corrected chi connectivity index (χ1v) is 20.1. The second-order valence-electron chi connectivity index (χ2n) is 13.2. The minimum absolute atomic E-state index is 0. The van der Waals surface area contributed by atoms with Crippen LogP contribution in [0.25, 0.3) is 0 Å². The van der Waals surface area contributed by atoms with E-state index >= 15 is 0 Å². The van der Waals surface area contributed by atoms with Gasteiger partial charge in [0.15, 0.2) is 19.7 Å². The van der Waals surface area contributed by atoms with E-state index in [4.69, 9.17) is 20.8 Å². The van der Waals surface area contributed by atoms with Gasteiger partial charge in [-0.1, -0.05) is 36.4 Å². The van der Waals surface area contributed by atoms with Crippen molar-refractivity contribution in [2.75, 3.05) is 11.5 Å². The van der Waals surface area contributed by atoms with E-state index in [0.717, 1.165) is 11.1 Å². The van der Waals surface area contributed by atoms with Gasteiger partial charge in [-0.25, -0.2) is 16.8 Å². The van der Waals surface area contributed by atoms with Crippen molar-refractivity contribution in [1.82, 2.24) is 0 Å². The zero-order chi connectivity index (χ0) is 37.8. The molecule has 279 valence electrons. The zero-order valence-corrected chi connectivity index (χ0v) is 34.2. The maximum atomic E-state index is 13.0. The fourth-order valence-corrected chi connectivity index (χ4v) is 9.39. The van der Waals surface area contributed by atoms with Crippen LogP contribution in [0, 0.1) is 0 Å². The van der Waals surface area contributed by atoms with E-state index in [-0.39, 0.29) is 72.9 Å². The summed E-state index contributed by atoms with van der Waals surface area (Å²) in [6.45, 7) is 3.78. The van der Waals surface area contributed by atoms with Crippen molar-refractivity contribution in [3.63, 3.8) is 0 Å². The molecule has 3 radical (unpaired) electrons. The van der Waals surface area contributed by atoms with Gasteiger partial charge in [0.2, 0.25) is 0 Å². The minimum Gasteiger partial charge on any atom is -1.00 e. The fraction of sp³-hybridized carbons (Fsp3) is 0.306. The summed E-state index contributed by atoms with van der Waals surface area (Å²) in [6.07, 6.45) is 0.938. The second kappa shape index (κ2) is 19.3. The summed E-state index contributed by atoms with van der Waals surface area (Å²) in [5.41, 5.74) is 17.8. The molecule has 0 spiro atoms. The molecule has 0 amide bonds. The predicted molar refractivity (Wildman–Crippen MR) is 207 cm³/mol. The van der Waals surface area contributed by atoms with Gasteiger partial charge in [0.25, 0.3) is 0 Å². The molecule has 0 fully saturated rings. The molecule has 12 nitrogen and oxygen atoms in total. The number of rotatable bonds is 12. The van der Waals surface area contributed by atoms with Crippen LogP contribution in [0.2, 0.25) is 0 Å². The van der Waals surface area contributed by atoms with E-state index < -0.39 is 40.0 Å². The molecule has 2 heterocycles. The average molecular weight is 783 g/mol. The van der Waals surface area contributed by atoms with E-state index in [2.05, 4.69) is 0 Å². The van der Waals surface area contributed by atoms with Crippen molar-refractivity contribution in [3.05, 3.63) is 106 Å². The van der Waals surface area contributed by atoms with Crippen LogP contribution in [0.15, 0.2) is 82.6 Å². The van der Waals surface area contributed by atoms with Crippen LogP contribution in [-0.2, 0) is 71.3 Å². The molecular formula is C36H43B3N2NaO10S2. The number of aryl methyl sites for hydroxylation is 2. The van der Waals surface area contributed by atoms with Gasteiger partial charge in [0.05, 0.1) is 40.6 Å². The number of nitrogen functional groups attached to an aromatic ring is 2. The smallest absolute Gasteiger partial charge is 1.00 e. The Morgan fingerprint density at radius 2 is 1.19 bits per heavy atom. The van der Waals surface area contributed by atoms with Crippen molar-refractivity contribution in [1.29, 1.82) is 0 Å². The Balaban J connectivity index is 0.000000360. The van der Waals surface area contributed by atoms with Crippen LogP contribution >= 0.6 is 0 Å². The number of nitrogens with two attached hydrogens (primary N) is 2.